The number of hydrogen-bond acceptors (Lipinski definition) is 7. The lowest BCUT2D eigenvalue weighted by Gasteiger charge is -2.40. The molecule has 7 nitrogen and oxygen atoms in total. The van der Waals surface area contributed by atoms with Crippen LogP contribution in [0.3, 0.4) is 0 Å². The molecule has 1 N–H and O–H groups in total. The molecule has 0 saturated heterocycles. The molecule has 4 aromatic rings. The lowest BCUT2D eigenvalue weighted by atomic mass is 9.75. The second kappa shape index (κ2) is 9.31. The van der Waals surface area contributed by atoms with Gasteiger partial charge in [-0.2, -0.15) is 0 Å². The number of methoxy groups -OCH3 is 1. The van der Waals surface area contributed by atoms with Gasteiger partial charge in [0.1, 0.15) is 11.4 Å². The second-order valence-electron chi connectivity index (χ2n) is 8.18. The van der Waals surface area contributed by atoms with Crippen molar-refractivity contribution < 1.29 is 14.3 Å². The molecule has 170 valence electrons. The predicted octanol–water partition coefficient (Wildman–Crippen LogP) is 5.51. The third-order valence-electron chi connectivity index (χ3n) is 6.12. The Balaban J connectivity index is 1.47. The molecular formula is C27H24N4O3. The maximum Gasteiger partial charge on any atom is 0.293 e. The van der Waals surface area contributed by atoms with Gasteiger partial charge in [0.25, 0.3) is 6.47 Å². The molecule has 1 aliphatic rings. The first-order chi connectivity index (χ1) is 16.7. The Morgan fingerprint density at radius 2 is 1.74 bits per heavy atom. The molecule has 0 unspecified atom stereocenters. The smallest absolute Gasteiger partial charge is 0.293 e. The minimum Gasteiger partial charge on any atom is -0.481 e. The Morgan fingerprint density at radius 1 is 0.941 bits per heavy atom. The number of carbonyl (C=O) groups is 1. The number of hydrogen-bond donors (Lipinski definition) is 1. The van der Waals surface area contributed by atoms with Crippen LogP contribution in [0, 0.1) is 0 Å². The summed E-state index contributed by atoms with van der Waals surface area (Å²) in [4.78, 5) is 24.8. The van der Waals surface area contributed by atoms with E-state index >= 15 is 0 Å². The van der Waals surface area contributed by atoms with Crippen LogP contribution in [0.2, 0.25) is 0 Å². The lowest BCUT2D eigenvalue weighted by molar-refractivity contribution is -0.155. The standard InChI is InChI=1S/C27H24N4O3/c1-33-25-13-8-20(17-28-25)26-30-23(19-6-3-2-4-7-19)16-24(31-26)29-22-11-9-21(10-12-22)27(34-18-32)14-5-15-27/h2-4,6-13,16-18H,5,14-15H2,1H3,(H,29,30,31). The van der Waals surface area contributed by atoms with Crippen LogP contribution in [0.25, 0.3) is 22.6 Å². The second-order valence-corrected chi connectivity index (χ2v) is 8.18. The summed E-state index contributed by atoms with van der Waals surface area (Å²) in [5.74, 6) is 1.75. The maximum absolute atomic E-state index is 11.0. The van der Waals surface area contributed by atoms with Crippen LogP contribution < -0.4 is 10.1 Å². The summed E-state index contributed by atoms with van der Waals surface area (Å²) in [6.07, 6.45) is 4.46. The Morgan fingerprint density at radius 3 is 2.35 bits per heavy atom. The zero-order valence-corrected chi connectivity index (χ0v) is 18.8. The van der Waals surface area contributed by atoms with Gasteiger partial charge in [-0.15, -0.1) is 0 Å². The predicted molar refractivity (Wildman–Crippen MR) is 130 cm³/mol. The third kappa shape index (κ3) is 4.32. The number of rotatable bonds is 8. The fourth-order valence-electron chi connectivity index (χ4n) is 4.10. The Kier molecular flexibility index (Phi) is 5.91. The van der Waals surface area contributed by atoms with E-state index in [0.717, 1.165) is 47.3 Å². The van der Waals surface area contributed by atoms with E-state index in [1.54, 1.807) is 19.4 Å². The van der Waals surface area contributed by atoms with Gasteiger partial charge in [-0.3, -0.25) is 4.79 Å². The number of aromatic nitrogens is 3. The molecule has 1 aliphatic carbocycles. The van der Waals surface area contributed by atoms with Gasteiger partial charge in [0.15, 0.2) is 5.82 Å². The number of carbonyl (C=O) groups excluding carboxylic acids is 1. The third-order valence-corrected chi connectivity index (χ3v) is 6.12. The van der Waals surface area contributed by atoms with Crippen molar-refractivity contribution in [2.24, 2.45) is 0 Å². The van der Waals surface area contributed by atoms with Crippen LogP contribution in [-0.4, -0.2) is 28.5 Å². The van der Waals surface area contributed by atoms with E-state index in [9.17, 15) is 4.79 Å². The summed E-state index contributed by atoms with van der Waals surface area (Å²) in [7, 11) is 1.58. The minimum atomic E-state index is -0.482. The van der Waals surface area contributed by atoms with E-state index in [0.29, 0.717) is 24.0 Å². The molecule has 0 spiro atoms. The van der Waals surface area contributed by atoms with Gasteiger partial charge >= 0.3 is 0 Å². The highest BCUT2D eigenvalue weighted by molar-refractivity contribution is 5.69. The van der Waals surface area contributed by atoms with Gasteiger partial charge in [0, 0.05) is 35.1 Å². The molecule has 0 aliphatic heterocycles. The first kappa shape index (κ1) is 21.6. The molecule has 34 heavy (non-hydrogen) atoms. The van der Waals surface area contributed by atoms with Gasteiger partial charge in [-0.05, 0) is 43.0 Å². The van der Waals surface area contributed by atoms with E-state index in [1.165, 1.54) is 0 Å². The monoisotopic (exact) mass is 452 g/mol. The quantitative estimate of drug-likeness (QED) is 0.353. The van der Waals surface area contributed by atoms with Crippen molar-refractivity contribution in [1.82, 2.24) is 15.0 Å². The molecule has 5 rings (SSSR count). The zero-order chi connectivity index (χ0) is 23.4. The van der Waals surface area contributed by atoms with Crippen molar-refractivity contribution in [2.75, 3.05) is 12.4 Å². The SMILES string of the molecule is COc1ccc(-c2nc(Nc3ccc(C4(OC=O)CCC4)cc3)cc(-c3ccccc3)n2)cn1. The summed E-state index contributed by atoms with van der Waals surface area (Å²) in [5.41, 5.74) is 3.98. The fourth-order valence-corrected chi connectivity index (χ4v) is 4.10. The van der Waals surface area contributed by atoms with E-state index in [2.05, 4.69) is 10.3 Å². The number of anilines is 2. The van der Waals surface area contributed by atoms with Gasteiger partial charge in [-0.25, -0.2) is 15.0 Å². The maximum atomic E-state index is 11.0. The molecule has 0 amide bonds. The van der Waals surface area contributed by atoms with Crippen LogP contribution in [0.4, 0.5) is 11.5 Å². The first-order valence-corrected chi connectivity index (χ1v) is 11.1. The molecule has 2 aromatic heterocycles. The summed E-state index contributed by atoms with van der Waals surface area (Å²) >= 11 is 0. The molecule has 7 heteroatoms. The number of nitrogens with one attached hydrogen (secondary N) is 1. The Labute approximate surface area is 197 Å². The minimum absolute atomic E-state index is 0.482. The van der Waals surface area contributed by atoms with E-state index in [1.807, 2.05) is 66.7 Å². The molecule has 0 radical (unpaired) electrons. The van der Waals surface area contributed by atoms with E-state index in [-0.39, 0.29) is 0 Å². The van der Waals surface area contributed by atoms with Crippen molar-refractivity contribution >= 4 is 18.0 Å². The van der Waals surface area contributed by atoms with Gasteiger partial charge in [-0.1, -0.05) is 42.5 Å². The van der Waals surface area contributed by atoms with Crippen LogP contribution in [-0.2, 0) is 15.1 Å². The highest BCUT2D eigenvalue weighted by Crippen LogP contribution is 2.44. The topological polar surface area (TPSA) is 86.2 Å². The largest absolute Gasteiger partial charge is 0.481 e. The number of nitrogens with zero attached hydrogens (tertiary/aromatic N) is 3. The highest BCUT2D eigenvalue weighted by Gasteiger charge is 2.40. The average molecular weight is 453 g/mol. The molecule has 0 atom stereocenters. The Bertz CT molecular complexity index is 1270. The molecule has 1 saturated carbocycles. The fraction of sp³-hybridized carbons (Fsp3) is 0.185. The molecule has 1 fully saturated rings. The number of ether oxygens (including phenoxy) is 2. The van der Waals surface area contributed by atoms with Crippen molar-refractivity contribution in [1.29, 1.82) is 0 Å². The lowest BCUT2D eigenvalue weighted by Crippen LogP contribution is -2.36. The van der Waals surface area contributed by atoms with Crippen molar-refractivity contribution in [3.8, 4) is 28.5 Å². The summed E-state index contributed by atoms with van der Waals surface area (Å²) in [6.45, 7) is 0.548. The summed E-state index contributed by atoms with van der Waals surface area (Å²) in [5, 5.41) is 3.39. The normalized spacial score (nSPS) is 14.0. The average Bonchev–Trinajstić information content (AvgIpc) is 2.87. The first-order valence-electron chi connectivity index (χ1n) is 11.1. The molecule has 0 bridgehead atoms. The van der Waals surface area contributed by atoms with Crippen LogP contribution in [0.1, 0.15) is 24.8 Å². The molecule has 2 aromatic carbocycles. The van der Waals surface area contributed by atoms with Gasteiger partial charge < -0.3 is 14.8 Å². The van der Waals surface area contributed by atoms with Gasteiger partial charge in [0.05, 0.1) is 12.8 Å². The van der Waals surface area contributed by atoms with Crippen molar-refractivity contribution in [2.45, 2.75) is 24.9 Å². The van der Waals surface area contributed by atoms with Crippen LogP contribution in [0.5, 0.6) is 5.88 Å². The molecule has 2 heterocycles. The Hall–Kier alpha value is -4.26. The van der Waals surface area contributed by atoms with Crippen molar-refractivity contribution in [3.05, 3.63) is 84.6 Å². The van der Waals surface area contributed by atoms with E-state index in [4.69, 9.17) is 19.4 Å². The summed E-state index contributed by atoms with van der Waals surface area (Å²) in [6, 6.07) is 23.5. The van der Waals surface area contributed by atoms with Gasteiger partial charge in [0.2, 0.25) is 5.88 Å². The van der Waals surface area contributed by atoms with Crippen LogP contribution >= 0.6 is 0 Å². The van der Waals surface area contributed by atoms with E-state index < -0.39 is 5.60 Å². The number of benzene rings is 2. The highest BCUT2D eigenvalue weighted by atomic mass is 16.5. The zero-order valence-electron chi connectivity index (χ0n) is 18.8. The summed E-state index contributed by atoms with van der Waals surface area (Å²) < 4.78 is 10.6. The number of pyridine rings is 1. The van der Waals surface area contributed by atoms with Crippen LogP contribution in [0.15, 0.2) is 79.0 Å². The molecular weight excluding hydrogens is 428 g/mol. The van der Waals surface area contributed by atoms with Crippen molar-refractivity contribution in [3.63, 3.8) is 0 Å².